The number of piperidine rings is 1. The van der Waals surface area contributed by atoms with E-state index in [1.807, 2.05) is 54.9 Å². The first-order chi connectivity index (χ1) is 14.2. The average molecular weight is 389 g/mol. The quantitative estimate of drug-likeness (QED) is 0.686. The van der Waals surface area contributed by atoms with Crippen LogP contribution in [0.1, 0.15) is 18.4 Å². The number of benzene rings is 2. The van der Waals surface area contributed by atoms with E-state index >= 15 is 0 Å². The molecule has 0 spiro atoms. The van der Waals surface area contributed by atoms with E-state index in [0.717, 1.165) is 49.3 Å². The maximum atomic E-state index is 13.5. The summed E-state index contributed by atoms with van der Waals surface area (Å²) < 4.78 is 13.5. The summed E-state index contributed by atoms with van der Waals surface area (Å²) in [6.45, 7) is 2.71. The van der Waals surface area contributed by atoms with Crippen LogP contribution < -0.4 is 5.32 Å². The predicted molar refractivity (Wildman–Crippen MR) is 113 cm³/mol. The van der Waals surface area contributed by atoms with E-state index in [1.165, 1.54) is 17.7 Å². The van der Waals surface area contributed by atoms with Gasteiger partial charge in [-0.2, -0.15) is 0 Å². The van der Waals surface area contributed by atoms with Crippen LogP contribution in [0.5, 0.6) is 0 Å². The molecule has 0 unspecified atom stereocenters. The molecule has 3 aromatic rings. The Morgan fingerprint density at radius 2 is 1.69 bits per heavy atom. The molecule has 1 amide bonds. The van der Waals surface area contributed by atoms with Gasteiger partial charge < -0.3 is 5.32 Å². The van der Waals surface area contributed by atoms with Crippen LogP contribution in [0.3, 0.4) is 0 Å². The molecule has 0 saturated carbocycles. The van der Waals surface area contributed by atoms with Crippen LogP contribution in [0.4, 0.5) is 10.1 Å². The number of carbonyl (C=O) groups excluding carboxylic acids is 1. The van der Waals surface area contributed by atoms with Crippen LogP contribution in [0.2, 0.25) is 0 Å². The molecule has 2 heterocycles. The molecule has 1 aliphatic heterocycles. The lowest BCUT2D eigenvalue weighted by molar-refractivity contribution is -0.121. The highest BCUT2D eigenvalue weighted by Crippen LogP contribution is 2.25. The molecule has 5 heteroatoms. The van der Waals surface area contributed by atoms with Gasteiger partial charge in [0.1, 0.15) is 5.82 Å². The molecular formula is C24H24FN3O. The van der Waals surface area contributed by atoms with Gasteiger partial charge in [-0.3, -0.25) is 14.7 Å². The van der Waals surface area contributed by atoms with Crippen molar-refractivity contribution in [1.29, 1.82) is 0 Å². The zero-order valence-electron chi connectivity index (χ0n) is 16.2. The predicted octanol–water partition coefficient (Wildman–Crippen LogP) is 4.74. The maximum Gasteiger partial charge on any atom is 0.227 e. The molecular weight excluding hydrogens is 365 g/mol. The van der Waals surface area contributed by atoms with E-state index < -0.39 is 0 Å². The third-order valence-corrected chi connectivity index (χ3v) is 5.40. The minimum Gasteiger partial charge on any atom is -0.326 e. The Kier molecular flexibility index (Phi) is 5.96. The summed E-state index contributed by atoms with van der Waals surface area (Å²) in [5, 5.41) is 3.04. The number of hydrogen-bond donors (Lipinski definition) is 1. The first-order valence-electron chi connectivity index (χ1n) is 9.95. The Labute approximate surface area is 170 Å². The van der Waals surface area contributed by atoms with E-state index in [4.69, 9.17) is 0 Å². The van der Waals surface area contributed by atoms with Crippen molar-refractivity contribution in [3.05, 3.63) is 84.4 Å². The molecule has 0 aliphatic carbocycles. The highest BCUT2D eigenvalue weighted by Gasteiger charge is 2.25. The first kappa shape index (κ1) is 19.3. The molecule has 0 atom stereocenters. The lowest BCUT2D eigenvalue weighted by Crippen LogP contribution is -2.37. The van der Waals surface area contributed by atoms with Gasteiger partial charge in [0.25, 0.3) is 0 Å². The summed E-state index contributed by atoms with van der Waals surface area (Å²) >= 11 is 0. The minimum absolute atomic E-state index is 0.0153. The fourth-order valence-corrected chi connectivity index (χ4v) is 3.79. The summed E-state index contributed by atoms with van der Waals surface area (Å²) in [6.07, 6.45) is 5.32. The van der Waals surface area contributed by atoms with E-state index in [2.05, 4.69) is 15.2 Å². The minimum atomic E-state index is -0.268. The number of likely N-dealkylation sites (tertiary alicyclic amines) is 1. The van der Waals surface area contributed by atoms with Crippen LogP contribution in [-0.4, -0.2) is 28.9 Å². The number of nitrogens with zero attached hydrogens (tertiary/aromatic N) is 2. The van der Waals surface area contributed by atoms with Gasteiger partial charge in [-0.15, -0.1) is 0 Å². The molecule has 0 bridgehead atoms. The molecule has 29 heavy (non-hydrogen) atoms. The molecule has 148 valence electrons. The van der Waals surface area contributed by atoms with Gasteiger partial charge >= 0.3 is 0 Å². The fourth-order valence-electron chi connectivity index (χ4n) is 3.79. The number of aromatic nitrogens is 1. The van der Waals surface area contributed by atoms with Crippen LogP contribution in [0.15, 0.2) is 73.1 Å². The second-order valence-electron chi connectivity index (χ2n) is 7.49. The normalized spacial score (nSPS) is 15.2. The summed E-state index contributed by atoms with van der Waals surface area (Å²) in [5.74, 6) is -0.193. The number of nitrogens with one attached hydrogen (secondary N) is 1. The largest absolute Gasteiger partial charge is 0.326 e. The van der Waals surface area contributed by atoms with Crippen LogP contribution in [0, 0.1) is 11.7 Å². The fraction of sp³-hybridized carbons (Fsp3) is 0.250. The zero-order valence-corrected chi connectivity index (χ0v) is 16.2. The van der Waals surface area contributed by atoms with Gasteiger partial charge in [-0.25, -0.2) is 4.39 Å². The summed E-state index contributed by atoms with van der Waals surface area (Å²) in [7, 11) is 0. The van der Waals surface area contributed by atoms with Crippen molar-refractivity contribution in [3.63, 3.8) is 0 Å². The second-order valence-corrected chi connectivity index (χ2v) is 7.49. The zero-order chi connectivity index (χ0) is 20.1. The van der Waals surface area contributed by atoms with Crippen molar-refractivity contribution in [2.45, 2.75) is 19.4 Å². The Morgan fingerprint density at radius 1 is 1.00 bits per heavy atom. The van der Waals surface area contributed by atoms with E-state index in [9.17, 15) is 9.18 Å². The molecule has 1 saturated heterocycles. The van der Waals surface area contributed by atoms with Crippen molar-refractivity contribution in [2.24, 2.45) is 5.92 Å². The molecule has 4 nitrogen and oxygen atoms in total. The van der Waals surface area contributed by atoms with Crippen molar-refractivity contribution >= 4 is 11.6 Å². The Balaban J connectivity index is 1.34. The third kappa shape index (κ3) is 5.06. The highest BCUT2D eigenvalue weighted by atomic mass is 19.1. The van der Waals surface area contributed by atoms with Gasteiger partial charge in [-0.1, -0.05) is 24.3 Å². The SMILES string of the molecule is O=C(Nc1cccc(-c2cccc(F)c2)c1)C1CCN(Cc2ccncc2)CC1. The van der Waals surface area contributed by atoms with Crippen molar-refractivity contribution in [3.8, 4) is 11.1 Å². The van der Waals surface area contributed by atoms with Gasteiger partial charge in [0.05, 0.1) is 0 Å². The van der Waals surface area contributed by atoms with E-state index in [0.29, 0.717) is 0 Å². The van der Waals surface area contributed by atoms with Gasteiger partial charge in [0, 0.05) is 30.5 Å². The average Bonchev–Trinajstić information content (AvgIpc) is 2.75. The lowest BCUT2D eigenvalue weighted by Gasteiger charge is -2.31. The first-order valence-corrected chi connectivity index (χ1v) is 9.95. The molecule has 1 aromatic heterocycles. The van der Waals surface area contributed by atoms with Crippen LogP contribution >= 0.6 is 0 Å². The van der Waals surface area contributed by atoms with Gasteiger partial charge in [0.2, 0.25) is 5.91 Å². The molecule has 4 rings (SSSR count). The Morgan fingerprint density at radius 3 is 2.41 bits per heavy atom. The number of rotatable bonds is 5. The summed E-state index contributed by atoms with van der Waals surface area (Å²) in [5.41, 5.74) is 3.67. The highest BCUT2D eigenvalue weighted by molar-refractivity contribution is 5.93. The van der Waals surface area contributed by atoms with Crippen LogP contribution in [-0.2, 0) is 11.3 Å². The van der Waals surface area contributed by atoms with Gasteiger partial charge in [-0.05, 0) is 79.0 Å². The smallest absolute Gasteiger partial charge is 0.227 e. The Hall–Kier alpha value is -3.05. The van der Waals surface area contributed by atoms with E-state index in [-0.39, 0.29) is 17.6 Å². The third-order valence-electron chi connectivity index (χ3n) is 5.40. The summed E-state index contributed by atoms with van der Waals surface area (Å²) in [4.78, 5) is 19.2. The molecule has 1 fully saturated rings. The second kappa shape index (κ2) is 8.97. The Bertz CT molecular complexity index is 969. The van der Waals surface area contributed by atoms with Crippen molar-refractivity contribution in [2.75, 3.05) is 18.4 Å². The number of anilines is 1. The monoisotopic (exact) mass is 389 g/mol. The van der Waals surface area contributed by atoms with Crippen LogP contribution in [0.25, 0.3) is 11.1 Å². The van der Waals surface area contributed by atoms with Crippen molar-refractivity contribution < 1.29 is 9.18 Å². The maximum absolute atomic E-state index is 13.5. The molecule has 2 aromatic carbocycles. The molecule has 1 aliphatic rings. The summed E-state index contributed by atoms with van der Waals surface area (Å²) in [6, 6.07) is 18.1. The number of halogens is 1. The standard InChI is InChI=1S/C24H24FN3O/c25-22-5-1-3-20(15-22)21-4-2-6-23(16-21)27-24(29)19-9-13-28(14-10-19)17-18-7-11-26-12-8-18/h1-8,11-12,15-16,19H,9-10,13-14,17H2,(H,27,29). The van der Waals surface area contributed by atoms with E-state index in [1.54, 1.807) is 6.07 Å². The molecule has 1 N–H and O–H groups in total. The topological polar surface area (TPSA) is 45.2 Å². The van der Waals surface area contributed by atoms with Gasteiger partial charge in [0.15, 0.2) is 0 Å². The number of hydrogen-bond acceptors (Lipinski definition) is 3. The van der Waals surface area contributed by atoms with Crippen molar-refractivity contribution in [1.82, 2.24) is 9.88 Å². The number of pyridine rings is 1. The number of amides is 1. The lowest BCUT2D eigenvalue weighted by atomic mass is 9.95. The molecule has 0 radical (unpaired) electrons. The number of carbonyl (C=O) groups is 1.